The largest absolute Gasteiger partial charge is 0.493 e. The van der Waals surface area contributed by atoms with E-state index in [4.69, 9.17) is 19.3 Å². The molecule has 1 fully saturated rings. The Morgan fingerprint density at radius 2 is 1.84 bits per heavy atom. The van der Waals surface area contributed by atoms with Gasteiger partial charge >= 0.3 is 5.97 Å². The van der Waals surface area contributed by atoms with Gasteiger partial charge in [-0.1, -0.05) is 12.1 Å². The Morgan fingerprint density at radius 3 is 2.55 bits per heavy atom. The first-order chi connectivity index (χ1) is 14.9. The van der Waals surface area contributed by atoms with Gasteiger partial charge in [-0.25, -0.2) is 8.78 Å². The Balaban J connectivity index is 1.53. The van der Waals surface area contributed by atoms with E-state index < -0.39 is 17.6 Å². The quantitative estimate of drug-likeness (QED) is 0.513. The number of halogens is 2. The highest BCUT2D eigenvalue weighted by atomic mass is 19.1. The van der Waals surface area contributed by atoms with Gasteiger partial charge in [0.2, 0.25) is 0 Å². The van der Waals surface area contributed by atoms with Crippen LogP contribution in [0, 0.1) is 23.5 Å². The lowest BCUT2D eigenvalue weighted by molar-refractivity contribution is -0.138. The number of ether oxygens (including phenoxy) is 3. The van der Waals surface area contributed by atoms with Crippen LogP contribution in [0.25, 0.3) is 11.1 Å². The van der Waals surface area contributed by atoms with E-state index in [2.05, 4.69) is 0 Å². The third-order valence-corrected chi connectivity index (χ3v) is 5.14. The summed E-state index contributed by atoms with van der Waals surface area (Å²) in [7, 11) is 1.48. The van der Waals surface area contributed by atoms with Crippen molar-refractivity contribution in [2.75, 3.05) is 13.7 Å². The molecule has 1 N–H and O–H groups in total. The Hall–Kier alpha value is -3.61. The smallest absolute Gasteiger partial charge is 0.306 e. The zero-order valence-electron chi connectivity index (χ0n) is 16.7. The molecule has 3 aromatic rings. The summed E-state index contributed by atoms with van der Waals surface area (Å²) in [6.07, 6.45) is 0.596. The molecule has 0 unspecified atom stereocenters. The maximum Gasteiger partial charge on any atom is 0.306 e. The van der Waals surface area contributed by atoms with Crippen molar-refractivity contribution in [1.29, 1.82) is 0 Å². The molecule has 1 aliphatic carbocycles. The second kappa shape index (κ2) is 8.63. The summed E-state index contributed by atoms with van der Waals surface area (Å²) in [4.78, 5) is 11.0. The number of methoxy groups -OCH3 is 1. The van der Waals surface area contributed by atoms with E-state index in [9.17, 15) is 13.6 Å². The van der Waals surface area contributed by atoms with Gasteiger partial charge in [0.05, 0.1) is 19.6 Å². The van der Waals surface area contributed by atoms with Gasteiger partial charge in [-0.2, -0.15) is 0 Å². The van der Waals surface area contributed by atoms with E-state index in [0.717, 1.165) is 0 Å². The van der Waals surface area contributed by atoms with E-state index in [1.807, 2.05) is 0 Å². The fraction of sp³-hybridized carbons (Fsp3) is 0.208. The molecule has 0 aliphatic heterocycles. The fourth-order valence-corrected chi connectivity index (χ4v) is 3.34. The van der Waals surface area contributed by atoms with Crippen LogP contribution < -0.4 is 14.2 Å². The normalized spacial score (nSPS) is 17.1. The van der Waals surface area contributed by atoms with Gasteiger partial charge in [-0.05, 0) is 54.4 Å². The van der Waals surface area contributed by atoms with Gasteiger partial charge in [0.1, 0.15) is 23.1 Å². The molecule has 3 aromatic carbocycles. The minimum absolute atomic E-state index is 0.0176. The lowest BCUT2D eigenvalue weighted by atomic mass is 10.0. The van der Waals surface area contributed by atoms with E-state index in [1.165, 1.54) is 43.5 Å². The van der Waals surface area contributed by atoms with Gasteiger partial charge in [0.25, 0.3) is 0 Å². The van der Waals surface area contributed by atoms with Crippen molar-refractivity contribution in [3.63, 3.8) is 0 Å². The van der Waals surface area contributed by atoms with Gasteiger partial charge in [0.15, 0.2) is 11.5 Å². The van der Waals surface area contributed by atoms with Crippen LogP contribution in [0.3, 0.4) is 0 Å². The van der Waals surface area contributed by atoms with Crippen LogP contribution in [-0.2, 0) is 4.79 Å². The van der Waals surface area contributed by atoms with Crippen LogP contribution in [0.1, 0.15) is 6.42 Å². The lowest BCUT2D eigenvalue weighted by Crippen LogP contribution is -2.07. The summed E-state index contributed by atoms with van der Waals surface area (Å²) in [5.74, 6) is -0.558. The van der Waals surface area contributed by atoms with E-state index in [0.29, 0.717) is 35.0 Å². The average Bonchev–Trinajstić information content (AvgIpc) is 3.54. The zero-order valence-corrected chi connectivity index (χ0v) is 16.7. The van der Waals surface area contributed by atoms with E-state index in [-0.39, 0.29) is 24.0 Å². The molecule has 31 heavy (non-hydrogen) atoms. The Bertz CT molecular complexity index is 1110. The van der Waals surface area contributed by atoms with Gasteiger partial charge in [-0.3, -0.25) is 4.79 Å². The fourth-order valence-electron chi connectivity index (χ4n) is 3.34. The molecular formula is C24H20F2O5. The van der Waals surface area contributed by atoms with Crippen LogP contribution in [0.4, 0.5) is 8.78 Å². The lowest BCUT2D eigenvalue weighted by Gasteiger charge is -2.13. The molecule has 0 amide bonds. The number of aliphatic carboxylic acids is 1. The van der Waals surface area contributed by atoms with Gasteiger partial charge in [-0.15, -0.1) is 0 Å². The van der Waals surface area contributed by atoms with Crippen molar-refractivity contribution >= 4 is 5.97 Å². The number of benzene rings is 3. The Kier molecular flexibility index (Phi) is 5.75. The predicted molar refractivity (Wildman–Crippen MR) is 110 cm³/mol. The highest BCUT2D eigenvalue weighted by molar-refractivity contribution is 5.73. The Labute approximate surface area is 177 Å². The minimum Gasteiger partial charge on any atom is -0.493 e. The summed E-state index contributed by atoms with van der Waals surface area (Å²) >= 11 is 0. The third-order valence-electron chi connectivity index (χ3n) is 5.14. The molecule has 0 radical (unpaired) electrons. The van der Waals surface area contributed by atoms with Crippen molar-refractivity contribution in [3.8, 4) is 34.1 Å². The summed E-state index contributed by atoms with van der Waals surface area (Å²) in [5.41, 5.74) is 0.827. The first-order valence-corrected chi connectivity index (χ1v) is 9.71. The number of hydrogen-bond donors (Lipinski definition) is 1. The molecule has 7 heteroatoms. The van der Waals surface area contributed by atoms with Crippen molar-refractivity contribution in [3.05, 3.63) is 72.3 Å². The topological polar surface area (TPSA) is 65.0 Å². The highest BCUT2D eigenvalue weighted by Crippen LogP contribution is 2.41. The number of carboxylic acid groups (broad SMARTS) is 1. The van der Waals surface area contributed by atoms with Crippen molar-refractivity contribution in [2.24, 2.45) is 11.8 Å². The average molecular weight is 426 g/mol. The van der Waals surface area contributed by atoms with Gasteiger partial charge in [0, 0.05) is 17.5 Å². The molecule has 0 aromatic heterocycles. The highest BCUT2D eigenvalue weighted by Gasteiger charge is 2.43. The molecule has 0 spiro atoms. The minimum atomic E-state index is -0.813. The SMILES string of the molecule is COc1cc(-c2cc(Oc3cccc(F)c3)ccc2F)ccc1OC[C@@H]1C[C@H]1C(=O)O. The molecule has 1 saturated carbocycles. The van der Waals surface area contributed by atoms with Gasteiger partial charge < -0.3 is 19.3 Å². The van der Waals surface area contributed by atoms with Crippen LogP contribution in [0.15, 0.2) is 60.7 Å². The first kappa shape index (κ1) is 20.7. The summed E-state index contributed by atoms with van der Waals surface area (Å²) in [6, 6.07) is 14.9. The van der Waals surface area contributed by atoms with Crippen LogP contribution in [-0.4, -0.2) is 24.8 Å². The van der Waals surface area contributed by atoms with E-state index in [1.54, 1.807) is 24.3 Å². The molecular weight excluding hydrogens is 406 g/mol. The molecule has 160 valence electrons. The maximum atomic E-state index is 14.5. The Morgan fingerprint density at radius 1 is 1.03 bits per heavy atom. The maximum absolute atomic E-state index is 14.5. The third kappa shape index (κ3) is 4.77. The van der Waals surface area contributed by atoms with Crippen molar-refractivity contribution in [1.82, 2.24) is 0 Å². The molecule has 2 atom stereocenters. The van der Waals surface area contributed by atoms with Crippen LogP contribution in [0.5, 0.6) is 23.0 Å². The molecule has 4 rings (SSSR count). The van der Waals surface area contributed by atoms with Crippen molar-refractivity contribution < 1.29 is 32.9 Å². The van der Waals surface area contributed by atoms with Crippen molar-refractivity contribution in [2.45, 2.75) is 6.42 Å². The number of carbonyl (C=O) groups is 1. The monoisotopic (exact) mass is 426 g/mol. The van der Waals surface area contributed by atoms with Crippen LogP contribution in [0.2, 0.25) is 0 Å². The number of carboxylic acids is 1. The molecule has 5 nitrogen and oxygen atoms in total. The molecule has 0 bridgehead atoms. The number of hydrogen-bond acceptors (Lipinski definition) is 4. The van der Waals surface area contributed by atoms with Crippen LogP contribution >= 0.6 is 0 Å². The zero-order chi connectivity index (χ0) is 22.0. The standard InChI is InChI=1S/C24H20F2O5/c1-29-23-10-14(5-8-22(23)30-13-15-9-20(15)24(27)28)19-12-18(6-7-21(19)26)31-17-4-2-3-16(25)11-17/h2-8,10-12,15,20H,9,13H2,1H3,(H,27,28)/t15-,20+/m0/s1. The molecule has 0 saturated heterocycles. The second-order valence-electron chi connectivity index (χ2n) is 7.32. The second-order valence-corrected chi connectivity index (χ2v) is 7.32. The molecule has 0 heterocycles. The van der Waals surface area contributed by atoms with E-state index >= 15 is 0 Å². The molecule has 1 aliphatic rings. The first-order valence-electron chi connectivity index (χ1n) is 9.71. The number of rotatable bonds is 8. The summed E-state index contributed by atoms with van der Waals surface area (Å²) in [6.45, 7) is 0.276. The predicted octanol–water partition coefficient (Wildman–Crippen LogP) is 5.53. The summed E-state index contributed by atoms with van der Waals surface area (Å²) in [5, 5.41) is 8.99. The summed E-state index contributed by atoms with van der Waals surface area (Å²) < 4.78 is 44.7.